The zero-order valence-corrected chi connectivity index (χ0v) is 16.2. The molecule has 30 heavy (non-hydrogen) atoms. The summed E-state index contributed by atoms with van der Waals surface area (Å²) in [6, 6.07) is 1.45. The van der Waals surface area contributed by atoms with Crippen LogP contribution in [0.5, 0.6) is 0 Å². The lowest BCUT2D eigenvalue weighted by Gasteiger charge is -2.24. The highest BCUT2D eigenvalue weighted by Crippen LogP contribution is 2.29. The number of anilines is 3. The van der Waals surface area contributed by atoms with Crippen LogP contribution in [0.15, 0.2) is 34.1 Å². The summed E-state index contributed by atoms with van der Waals surface area (Å²) in [4.78, 5) is 33.9. The van der Waals surface area contributed by atoms with Crippen LogP contribution in [0.3, 0.4) is 0 Å². The topological polar surface area (TPSA) is 125 Å². The first-order valence-corrected chi connectivity index (χ1v) is 8.62. The predicted octanol–water partition coefficient (Wildman–Crippen LogP) is 1.26. The van der Waals surface area contributed by atoms with Gasteiger partial charge in [-0.25, -0.2) is 29.0 Å². The van der Waals surface area contributed by atoms with E-state index in [0.29, 0.717) is 4.57 Å². The fraction of sp³-hybridized carbons (Fsp3) is 0.111. The van der Waals surface area contributed by atoms with Crippen LogP contribution in [0.25, 0.3) is 5.82 Å². The van der Waals surface area contributed by atoms with E-state index in [9.17, 15) is 18.4 Å². The van der Waals surface area contributed by atoms with Crippen molar-refractivity contribution in [1.82, 2.24) is 19.1 Å². The largest absolute Gasteiger partial charge is 0.397 e. The number of nitrogens with zero attached hydrogens (tertiary/aromatic N) is 5. The molecule has 0 aliphatic heterocycles. The third-order valence-electron chi connectivity index (χ3n) is 4.22. The van der Waals surface area contributed by atoms with Gasteiger partial charge in [0.15, 0.2) is 17.5 Å². The van der Waals surface area contributed by atoms with Crippen molar-refractivity contribution in [3.63, 3.8) is 0 Å². The number of hydrogen-bond acceptors (Lipinski definition) is 7. The third kappa shape index (κ3) is 3.49. The molecular formula is C18H14ClF2N7O2. The molecule has 0 unspecified atom stereocenters. The van der Waals surface area contributed by atoms with Crippen LogP contribution in [0.1, 0.15) is 5.69 Å². The third-order valence-corrected chi connectivity index (χ3v) is 4.40. The lowest BCUT2D eigenvalue weighted by molar-refractivity contribution is 0.509. The molecule has 0 aliphatic rings. The SMILES string of the molecule is C#CCn1c(C)c(N(N)c2cc(F)c(F)cc2N)c(=O)n(-c2cncc(Cl)n2)c1=O. The Bertz CT molecular complexity index is 1310. The van der Waals surface area contributed by atoms with Crippen LogP contribution in [0, 0.1) is 30.9 Å². The normalized spacial score (nSPS) is 10.7. The van der Waals surface area contributed by atoms with Gasteiger partial charge in [-0.1, -0.05) is 17.5 Å². The fourth-order valence-electron chi connectivity index (χ4n) is 2.82. The lowest BCUT2D eigenvalue weighted by Crippen LogP contribution is -2.45. The summed E-state index contributed by atoms with van der Waals surface area (Å²) >= 11 is 5.82. The average Bonchev–Trinajstić information content (AvgIpc) is 2.68. The number of hydrazine groups is 1. The van der Waals surface area contributed by atoms with Crippen LogP contribution < -0.4 is 27.8 Å². The second-order valence-electron chi connectivity index (χ2n) is 6.04. The number of hydrogen-bond donors (Lipinski definition) is 2. The van der Waals surface area contributed by atoms with Gasteiger partial charge < -0.3 is 5.73 Å². The average molecular weight is 434 g/mol. The van der Waals surface area contributed by atoms with Crippen molar-refractivity contribution in [3.05, 3.63) is 67.8 Å². The van der Waals surface area contributed by atoms with E-state index in [4.69, 9.17) is 29.6 Å². The number of benzene rings is 1. The Morgan fingerprint density at radius 1 is 1.27 bits per heavy atom. The molecular weight excluding hydrogens is 420 g/mol. The van der Waals surface area contributed by atoms with Crippen LogP contribution in [-0.4, -0.2) is 19.1 Å². The smallest absolute Gasteiger partial charge is 0.338 e. The van der Waals surface area contributed by atoms with Crippen molar-refractivity contribution < 1.29 is 8.78 Å². The monoisotopic (exact) mass is 433 g/mol. The summed E-state index contributed by atoms with van der Waals surface area (Å²) in [5.74, 6) is 5.75. The molecule has 2 aromatic heterocycles. The maximum atomic E-state index is 13.8. The number of nitrogens with two attached hydrogens (primary N) is 2. The first-order valence-electron chi connectivity index (χ1n) is 8.24. The standard InChI is InChI=1S/C18H14ClF2N7O2/c1-3-4-26-9(2)16(28(23)13-6-11(21)10(20)5-12(13)22)17(29)27(18(26)30)15-8-24-7-14(19)25-15/h1,5-8H,4,22-23H2,2H3. The predicted molar refractivity (Wildman–Crippen MR) is 108 cm³/mol. The summed E-state index contributed by atoms with van der Waals surface area (Å²) in [5.41, 5.74) is 3.36. The van der Waals surface area contributed by atoms with Gasteiger partial charge in [-0.15, -0.1) is 6.42 Å². The van der Waals surface area contributed by atoms with E-state index in [0.717, 1.165) is 27.9 Å². The van der Waals surface area contributed by atoms with Gasteiger partial charge in [0.05, 0.1) is 36.0 Å². The molecule has 0 saturated heterocycles. The summed E-state index contributed by atoms with van der Waals surface area (Å²) < 4.78 is 29.0. The highest BCUT2D eigenvalue weighted by Gasteiger charge is 2.24. The molecule has 0 aliphatic carbocycles. The molecule has 0 saturated carbocycles. The minimum Gasteiger partial charge on any atom is -0.397 e. The molecule has 4 N–H and O–H groups in total. The Kier molecular flexibility index (Phi) is 5.55. The van der Waals surface area contributed by atoms with Gasteiger partial charge in [0.2, 0.25) is 0 Å². The van der Waals surface area contributed by atoms with Gasteiger partial charge in [0, 0.05) is 12.1 Å². The van der Waals surface area contributed by atoms with E-state index in [2.05, 4.69) is 15.9 Å². The van der Waals surface area contributed by atoms with Crippen LogP contribution in [0.4, 0.5) is 25.8 Å². The lowest BCUT2D eigenvalue weighted by atomic mass is 10.2. The quantitative estimate of drug-likeness (QED) is 0.274. The fourth-order valence-corrected chi connectivity index (χ4v) is 2.96. The van der Waals surface area contributed by atoms with E-state index in [1.165, 1.54) is 13.1 Å². The van der Waals surface area contributed by atoms with Gasteiger partial charge in [-0.3, -0.25) is 19.4 Å². The second-order valence-corrected chi connectivity index (χ2v) is 6.43. The molecule has 2 heterocycles. The number of nitrogen functional groups attached to an aromatic ring is 1. The zero-order chi connectivity index (χ0) is 22.2. The van der Waals surface area contributed by atoms with Crippen molar-refractivity contribution in [2.24, 2.45) is 5.84 Å². The van der Waals surface area contributed by atoms with Gasteiger partial charge >= 0.3 is 5.69 Å². The van der Waals surface area contributed by atoms with E-state index >= 15 is 0 Å². The molecule has 3 rings (SSSR count). The molecule has 1 aromatic carbocycles. The summed E-state index contributed by atoms with van der Waals surface area (Å²) in [6.07, 6.45) is 7.70. The molecule has 3 aromatic rings. The Morgan fingerprint density at radius 3 is 2.57 bits per heavy atom. The van der Waals surface area contributed by atoms with Gasteiger partial charge in [-0.2, -0.15) is 0 Å². The van der Waals surface area contributed by atoms with E-state index < -0.39 is 22.9 Å². The Balaban J connectivity index is 2.38. The molecule has 154 valence electrons. The van der Waals surface area contributed by atoms with Crippen molar-refractivity contribution in [2.45, 2.75) is 13.5 Å². The van der Waals surface area contributed by atoms with E-state index in [1.54, 1.807) is 0 Å². The van der Waals surface area contributed by atoms with Crippen molar-refractivity contribution in [1.29, 1.82) is 0 Å². The van der Waals surface area contributed by atoms with Gasteiger partial charge in [0.1, 0.15) is 10.8 Å². The molecule has 9 nitrogen and oxygen atoms in total. The molecule has 0 fully saturated rings. The maximum absolute atomic E-state index is 13.8. The second kappa shape index (κ2) is 7.94. The van der Waals surface area contributed by atoms with Crippen LogP contribution in [-0.2, 0) is 6.54 Å². The molecule has 0 amide bonds. The molecule has 0 bridgehead atoms. The van der Waals surface area contributed by atoms with Crippen molar-refractivity contribution >= 4 is 28.7 Å². The molecule has 0 spiro atoms. The number of terminal acetylenes is 1. The Morgan fingerprint density at radius 2 is 1.93 bits per heavy atom. The molecule has 12 heteroatoms. The number of halogens is 3. The van der Waals surface area contributed by atoms with E-state index in [-0.39, 0.29) is 40.3 Å². The van der Waals surface area contributed by atoms with Crippen LogP contribution in [0.2, 0.25) is 5.15 Å². The first kappa shape index (κ1) is 21.0. The van der Waals surface area contributed by atoms with Gasteiger partial charge in [0.25, 0.3) is 5.56 Å². The highest BCUT2D eigenvalue weighted by molar-refractivity contribution is 6.29. The minimum atomic E-state index is -1.23. The summed E-state index contributed by atoms with van der Waals surface area (Å²) in [5, 5.41) is 0.676. The van der Waals surface area contributed by atoms with E-state index in [1.807, 2.05) is 0 Å². The Labute approximate surface area is 173 Å². The van der Waals surface area contributed by atoms with Crippen LogP contribution >= 0.6 is 11.6 Å². The van der Waals surface area contributed by atoms with Crippen molar-refractivity contribution in [3.8, 4) is 18.2 Å². The zero-order valence-electron chi connectivity index (χ0n) is 15.4. The molecule has 0 atom stereocenters. The first-order chi connectivity index (χ1) is 14.2. The Hall–Kier alpha value is -3.75. The van der Waals surface area contributed by atoms with Gasteiger partial charge in [-0.05, 0) is 6.92 Å². The highest BCUT2D eigenvalue weighted by atomic mass is 35.5. The maximum Gasteiger partial charge on any atom is 0.338 e. The number of rotatable bonds is 4. The number of aromatic nitrogens is 4. The minimum absolute atomic E-state index is 0.0702. The summed E-state index contributed by atoms with van der Waals surface area (Å²) in [6.45, 7) is 1.20. The molecule has 0 radical (unpaired) electrons. The summed E-state index contributed by atoms with van der Waals surface area (Å²) in [7, 11) is 0. The van der Waals surface area contributed by atoms with Crippen molar-refractivity contribution in [2.75, 3.05) is 10.7 Å².